The second-order valence-electron chi connectivity index (χ2n) is 7.71. The molecule has 6 nitrogen and oxygen atoms in total. The molecule has 7 heteroatoms. The number of nitrogens with one attached hydrogen (secondary N) is 1. The van der Waals surface area contributed by atoms with Crippen molar-refractivity contribution in [1.82, 2.24) is 14.6 Å². The van der Waals surface area contributed by atoms with Gasteiger partial charge < -0.3 is 15.2 Å². The van der Waals surface area contributed by atoms with Crippen molar-refractivity contribution in [1.29, 1.82) is 0 Å². The predicted molar refractivity (Wildman–Crippen MR) is 123 cm³/mol. The van der Waals surface area contributed by atoms with E-state index in [1.165, 1.54) is 12.1 Å². The van der Waals surface area contributed by atoms with E-state index in [9.17, 15) is 4.39 Å². The molecule has 4 aromatic rings. The summed E-state index contributed by atoms with van der Waals surface area (Å²) < 4.78 is 21.1. The lowest BCUT2D eigenvalue weighted by molar-refractivity contribution is 0.266. The summed E-state index contributed by atoms with van der Waals surface area (Å²) in [6.07, 6.45) is 4.48. The number of imidazole rings is 1. The van der Waals surface area contributed by atoms with E-state index < -0.39 is 0 Å². The molecule has 166 valence electrons. The fraction of sp³-hybridized carbons (Fsp3) is 0.280. The van der Waals surface area contributed by atoms with Crippen LogP contribution in [0.2, 0.25) is 0 Å². The molecule has 0 bridgehead atoms. The molecule has 2 N–H and O–H groups in total. The molecule has 0 amide bonds. The number of aliphatic hydroxyl groups is 1. The maximum absolute atomic E-state index is 13.5. The molecule has 0 radical (unpaired) electrons. The van der Waals surface area contributed by atoms with Gasteiger partial charge in [-0.25, -0.2) is 13.9 Å². The average Bonchev–Trinajstić information content (AvgIpc) is 3.22. The standard InChI is InChI=1S/C25H27FN4O2/c1-18(20-6-5-7-21(26)16-20)28-24-12-13-25-27-17-23(30(25)29-24)19-8-10-22(11-9-19)32-15-4-2-3-14-31/h5-13,16-18,31H,2-4,14-15H2,1H3,(H,28,29)/t18-/m1/s1. The number of halogens is 1. The van der Waals surface area contributed by atoms with Crippen LogP contribution in [0.4, 0.5) is 10.2 Å². The van der Waals surface area contributed by atoms with Crippen LogP contribution in [-0.2, 0) is 0 Å². The Morgan fingerprint density at radius 1 is 1.06 bits per heavy atom. The zero-order valence-corrected chi connectivity index (χ0v) is 18.0. The van der Waals surface area contributed by atoms with Gasteiger partial charge in [0.2, 0.25) is 0 Å². The van der Waals surface area contributed by atoms with Crippen LogP contribution in [0.25, 0.3) is 16.9 Å². The summed E-state index contributed by atoms with van der Waals surface area (Å²) in [5.41, 5.74) is 3.45. The van der Waals surface area contributed by atoms with Crippen LogP contribution in [0.15, 0.2) is 66.9 Å². The molecule has 4 rings (SSSR count). The zero-order chi connectivity index (χ0) is 22.3. The van der Waals surface area contributed by atoms with Gasteiger partial charge in [0.25, 0.3) is 0 Å². The van der Waals surface area contributed by atoms with Crippen molar-refractivity contribution >= 4 is 11.5 Å². The molecule has 32 heavy (non-hydrogen) atoms. The lowest BCUT2D eigenvalue weighted by atomic mass is 10.1. The smallest absolute Gasteiger partial charge is 0.154 e. The van der Waals surface area contributed by atoms with Crippen LogP contribution in [0, 0.1) is 5.82 Å². The third-order valence-corrected chi connectivity index (χ3v) is 5.30. The second kappa shape index (κ2) is 10.2. The number of anilines is 1. The highest BCUT2D eigenvalue weighted by Gasteiger charge is 2.11. The molecule has 0 unspecified atom stereocenters. The van der Waals surface area contributed by atoms with E-state index in [2.05, 4.69) is 10.3 Å². The Hall–Kier alpha value is -3.45. The lowest BCUT2D eigenvalue weighted by Gasteiger charge is -2.15. The number of benzene rings is 2. The van der Waals surface area contributed by atoms with Gasteiger partial charge in [-0.3, -0.25) is 0 Å². The minimum absolute atomic E-state index is 0.101. The Morgan fingerprint density at radius 2 is 1.91 bits per heavy atom. The van der Waals surface area contributed by atoms with E-state index in [4.69, 9.17) is 14.9 Å². The third-order valence-electron chi connectivity index (χ3n) is 5.30. The summed E-state index contributed by atoms with van der Waals surface area (Å²) in [7, 11) is 0. The van der Waals surface area contributed by atoms with E-state index in [0.29, 0.717) is 12.4 Å². The summed E-state index contributed by atoms with van der Waals surface area (Å²) in [6, 6.07) is 18.1. The van der Waals surface area contributed by atoms with Gasteiger partial charge in [0.15, 0.2) is 5.65 Å². The van der Waals surface area contributed by atoms with Gasteiger partial charge in [0.1, 0.15) is 17.4 Å². The van der Waals surface area contributed by atoms with Gasteiger partial charge in [-0.05, 0) is 80.3 Å². The highest BCUT2D eigenvalue weighted by Crippen LogP contribution is 2.25. The van der Waals surface area contributed by atoms with Crippen LogP contribution in [0.5, 0.6) is 5.75 Å². The van der Waals surface area contributed by atoms with Crippen molar-refractivity contribution in [3.8, 4) is 17.0 Å². The van der Waals surface area contributed by atoms with E-state index in [1.54, 1.807) is 16.8 Å². The molecule has 2 heterocycles. The molecule has 1 atom stereocenters. The minimum Gasteiger partial charge on any atom is -0.494 e. The molecular formula is C25H27FN4O2. The van der Waals surface area contributed by atoms with Crippen LogP contribution in [0.1, 0.15) is 37.8 Å². The van der Waals surface area contributed by atoms with Crippen molar-refractivity contribution in [3.05, 3.63) is 78.2 Å². The maximum atomic E-state index is 13.5. The molecule has 0 aliphatic heterocycles. The molecule has 0 saturated heterocycles. The van der Waals surface area contributed by atoms with Gasteiger partial charge in [-0.2, -0.15) is 0 Å². The Balaban J connectivity index is 1.48. The maximum Gasteiger partial charge on any atom is 0.154 e. The SMILES string of the molecule is C[C@@H](Nc1ccc2ncc(-c3ccc(OCCCCCO)cc3)n2n1)c1cccc(F)c1. The number of fused-ring (bicyclic) bond motifs is 1. The minimum atomic E-state index is -0.256. The fourth-order valence-corrected chi connectivity index (χ4v) is 3.53. The molecule has 0 spiro atoms. The monoisotopic (exact) mass is 434 g/mol. The van der Waals surface area contributed by atoms with Crippen molar-refractivity contribution < 1.29 is 14.2 Å². The second-order valence-corrected chi connectivity index (χ2v) is 7.71. The van der Waals surface area contributed by atoms with E-state index in [-0.39, 0.29) is 18.5 Å². The van der Waals surface area contributed by atoms with E-state index >= 15 is 0 Å². The molecule has 2 aromatic carbocycles. The first-order chi connectivity index (χ1) is 15.6. The summed E-state index contributed by atoms with van der Waals surface area (Å²) in [4.78, 5) is 4.46. The summed E-state index contributed by atoms with van der Waals surface area (Å²) in [5, 5.41) is 16.9. The third kappa shape index (κ3) is 5.23. The van der Waals surface area contributed by atoms with Crippen molar-refractivity contribution in [3.63, 3.8) is 0 Å². The Morgan fingerprint density at radius 3 is 2.69 bits per heavy atom. The van der Waals surface area contributed by atoms with Gasteiger partial charge in [-0.1, -0.05) is 12.1 Å². The highest BCUT2D eigenvalue weighted by atomic mass is 19.1. The Bertz CT molecular complexity index is 1160. The largest absolute Gasteiger partial charge is 0.494 e. The van der Waals surface area contributed by atoms with Gasteiger partial charge in [-0.15, -0.1) is 5.10 Å². The average molecular weight is 435 g/mol. The first kappa shape index (κ1) is 21.8. The van der Waals surface area contributed by atoms with Crippen LogP contribution in [0.3, 0.4) is 0 Å². The van der Waals surface area contributed by atoms with Crippen molar-refractivity contribution in [2.24, 2.45) is 0 Å². The van der Waals surface area contributed by atoms with E-state index in [0.717, 1.165) is 47.5 Å². The molecule has 0 aliphatic carbocycles. The van der Waals surface area contributed by atoms with Crippen LogP contribution in [-0.4, -0.2) is 32.9 Å². The molecule has 0 saturated carbocycles. The number of unbranched alkanes of at least 4 members (excludes halogenated alkanes) is 2. The van der Waals surface area contributed by atoms with Crippen LogP contribution >= 0.6 is 0 Å². The number of nitrogens with zero attached hydrogens (tertiary/aromatic N) is 3. The van der Waals surface area contributed by atoms with Crippen molar-refractivity contribution in [2.45, 2.75) is 32.2 Å². The number of hydrogen-bond donors (Lipinski definition) is 2. The highest BCUT2D eigenvalue weighted by molar-refractivity contribution is 5.64. The fourth-order valence-electron chi connectivity index (χ4n) is 3.53. The zero-order valence-electron chi connectivity index (χ0n) is 18.0. The predicted octanol–water partition coefficient (Wildman–Crippen LogP) is 5.25. The molecule has 0 fully saturated rings. The normalized spacial score (nSPS) is 12.1. The Kier molecular flexibility index (Phi) is 6.97. The number of aromatic nitrogens is 3. The van der Waals surface area contributed by atoms with Gasteiger partial charge >= 0.3 is 0 Å². The molecule has 0 aliphatic rings. The van der Waals surface area contributed by atoms with Gasteiger partial charge in [0, 0.05) is 12.2 Å². The number of aliphatic hydroxyl groups excluding tert-OH is 1. The lowest BCUT2D eigenvalue weighted by Crippen LogP contribution is -2.09. The van der Waals surface area contributed by atoms with Crippen molar-refractivity contribution in [2.75, 3.05) is 18.5 Å². The van der Waals surface area contributed by atoms with E-state index in [1.807, 2.05) is 49.4 Å². The quantitative estimate of drug-likeness (QED) is 0.334. The van der Waals surface area contributed by atoms with Gasteiger partial charge in [0.05, 0.1) is 24.5 Å². The topological polar surface area (TPSA) is 71.7 Å². The first-order valence-corrected chi connectivity index (χ1v) is 10.8. The Labute approximate surface area is 186 Å². The molecular weight excluding hydrogens is 407 g/mol. The number of hydrogen-bond acceptors (Lipinski definition) is 5. The summed E-state index contributed by atoms with van der Waals surface area (Å²) in [5.74, 6) is 1.23. The van der Waals surface area contributed by atoms with Crippen LogP contribution < -0.4 is 10.1 Å². The summed E-state index contributed by atoms with van der Waals surface area (Å²) >= 11 is 0. The summed E-state index contributed by atoms with van der Waals surface area (Å²) in [6.45, 7) is 2.83. The number of ether oxygens (including phenoxy) is 1. The first-order valence-electron chi connectivity index (χ1n) is 10.8. The number of rotatable bonds is 10. The molecule has 2 aromatic heterocycles.